The number of benzene rings is 1. The molecular formula is C18H13F3N6O3. The van der Waals surface area contributed by atoms with Crippen LogP contribution in [0.4, 0.5) is 13.2 Å². The molecule has 0 saturated heterocycles. The van der Waals surface area contributed by atoms with Crippen LogP contribution in [0.15, 0.2) is 52.2 Å². The van der Waals surface area contributed by atoms with Gasteiger partial charge in [-0.2, -0.15) is 13.2 Å². The van der Waals surface area contributed by atoms with Gasteiger partial charge in [-0.25, -0.2) is 9.48 Å². The fourth-order valence-corrected chi connectivity index (χ4v) is 2.90. The second-order valence-electron chi connectivity index (χ2n) is 6.33. The molecule has 0 radical (unpaired) electrons. The number of alkyl halides is 3. The van der Waals surface area contributed by atoms with E-state index in [0.717, 1.165) is 6.20 Å². The summed E-state index contributed by atoms with van der Waals surface area (Å²) in [6, 6.07) is 8.46. The molecule has 9 nitrogen and oxygen atoms in total. The molecule has 0 aliphatic rings. The van der Waals surface area contributed by atoms with Gasteiger partial charge in [-0.05, 0) is 6.07 Å². The number of rotatable bonds is 4. The number of ether oxygens (including phenoxy) is 1. The molecule has 3 aromatic heterocycles. The van der Waals surface area contributed by atoms with Crippen molar-refractivity contribution in [1.82, 2.24) is 29.9 Å². The summed E-state index contributed by atoms with van der Waals surface area (Å²) in [6.45, 7) is 0. The number of aryl methyl sites for hydroxylation is 1. The highest BCUT2D eigenvalue weighted by atomic mass is 19.4. The molecule has 0 saturated carbocycles. The molecule has 0 unspecified atom stereocenters. The Hall–Kier alpha value is -3.96. The van der Waals surface area contributed by atoms with Gasteiger partial charge >= 0.3 is 11.9 Å². The second-order valence-corrected chi connectivity index (χ2v) is 6.33. The SMILES string of the molecule is Cn1nc(O[C@@H](c2ccccc2)C(F)(F)F)c2cc(-c3c[nH]c(=O)[nH]c3=O)nnc21. The summed E-state index contributed by atoms with van der Waals surface area (Å²) in [4.78, 5) is 27.6. The van der Waals surface area contributed by atoms with Crippen LogP contribution in [-0.2, 0) is 7.05 Å². The van der Waals surface area contributed by atoms with Crippen LogP contribution >= 0.6 is 0 Å². The molecule has 4 aromatic rings. The number of nitrogens with zero attached hydrogens (tertiary/aromatic N) is 4. The highest BCUT2D eigenvalue weighted by molar-refractivity contribution is 5.84. The summed E-state index contributed by atoms with van der Waals surface area (Å²) >= 11 is 0. The maximum absolute atomic E-state index is 13.7. The predicted molar refractivity (Wildman–Crippen MR) is 98.8 cm³/mol. The molecule has 30 heavy (non-hydrogen) atoms. The van der Waals surface area contributed by atoms with Crippen LogP contribution < -0.4 is 16.0 Å². The van der Waals surface area contributed by atoms with Gasteiger partial charge in [-0.3, -0.25) is 9.78 Å². The number of aromatic amines is 2. The Balaban J connectivity index is 1.82. The molecule has 0 spiro atoms. The van der Waals surface area contributed by atoms with E-state index in [1.165, 1.54) is 42.1 Å². The van der Waals surface area contributed by atoms with Crippen molar-refractivity contribution in [2.24, 2.45) is 7.05 Å². The van der Waals surface area contributed by atoms with Gasteiger partial charge in [0.2, 0.25) is 12.0 Å². The number of fused-ring (bicyclic) bond motifs is 1. The van der Waals surface area contributed by atoms with Crippen LogP contribution in [-0.4, -0.2) is 36.1 Å². The number of hydrogen-bond donors (Lipinski definition) is 2. The molecule has 2 N–H and O–H groups in total. The van der Waals surface area contributed by atoms with Gasteiger partial charge in [-0.15, -0.1) is 15.3 Å². The third kappa shape index (κ3) is 3.54. The smallest absolute Gasteiger partial charge is 0.429 e. The zero-order chi connectivity index (χ0) is 21.5. The minimum absolute atomic E-state index is 0.0192. The standard InChI is InChI=1S/C18H13F3N6O3/c1-27-14-10(7-12(24-25-14)11-8-22-17(29)23-15(11)28)16(26-27)30-13(18(19,20)21)9-5-3-2-4-6-9/h2-8,13H,1H3,(H2,22,23,28,29)/t13-/m0/s1. The van der Waals surface area contributed by atoms with Crippen LogP contribution in [0.25, 0.3) is 22.3 Å². The second kappa shape index (κ2) is 7.13. The summed E-state index contributed by atoms with van der Waals surface area (Å²) < 4.78 is 47.5. The molecule has 0 aliphatic heterocycles. The van der Waals surface area contributed by atoms with Crippen molar-refractivity contribution in [2.45, 2.75) is 12.3 Å². The molecule has 0 aliphatic carbocycles. The van der Waals surface area contributed by atoms with Gasteiger partial charge in [-0.1, -0.05) is 30.3 Å². The largest absolute Gasteiger partial charge is 0.458 e. The van der Waals surface area contributed by atoms with Gasteiger partial charge in [0.1, 0.15) is 5.69 Å². The quantitative estimate of drug-likeness (QED) is 0.524. The summed E-state index contributed by atoms with van der Waals surface area (Å²) in [5, 5.41) is 11.9. The molecule has 154 valence electrons. The first-order valence-corrected chi connectivity index (χ1v) is 8.55. The van der Waals surface area contributed by atoms with Crippen molar-refractivity contribution in [2.75, 3.05) is 0 Å². The molecule has 0 amide bonds. The van der Waals surface area contributed by atoms with Crippen molar-refractivity contribution in [3.05, 3.63) is 69.0 Å². The van der Waals surface area contributed by atoms with Crippen LogP contribution in [0, 0.1) is 0 Å². The average molecular weight is 418 g/mol. The molecule has 1 atom stereocenters. The lowest BCUT2D eigenvalue weighted by Crippen LogP contribution is -2.26. The van der Waals surface area contributed by atoms with Crippen LogP contribution in [0.1, 0.15) is 11.7 Å². The maximum atomic E-state index is 13.7. The Kier molecular flexibility index (Phi) is 4.60. The predicted octanol–water partition coefficient (Wildman–Crippen LogP) is 2.09. The molecule has 0 bridgehead atoms. The first kappa shape index (κ1) is 19.4. The van der Waals surface area contributed by atoms with E-state index in [-0.39, 0.29) is 33.7 Å². The molecule has 12 heteroatoms. The third-order valence-corrected chi connectivity index (χ3v) is 4.28. The average Bonchev–Trinajstić information content (AvgIpc) is 3.01. The Morgan fingerprint density at radius 2 is 1.87 bits per heavy atom. The Bertz CT molecular complexity index is 1330. The number of halogens is 3. The van der Waals surface area contributed by atoms with Gasteiger partial charge in [0.05, 0.1) is 10.9 Å². The normalized spacial score (nSPS) is 12.8. The van der Waals surface area contributed by atoms with Gasteiger partial charge < -0.3 is 9.72 Å². The van der Waals surface area contributed by atoms with Crippen LogP contribution in [0.3, 0.4) is 0 Å². The lowest BCUT2D eigenvalue weighted by molar-refractivity contribution is -0.198. The van der Waals surface area contributed by atoms with E-state index in [1.54, 1.807) is 6.07 Å². The Morgan fingerprint density at radius 1 is 1.13 bits per heavy atom. The zero-order valence-electron chi connectivity index (χ0n) is 15.3. The van der Waals surface area contributed by atoms with Crippen molar-refractivity contribution >= 4 is 11.0 Å². The van der Waals surface area contributed by atoms with E-state index in [4.69, 9.17) is 4.74 Å². The van der Waals surface area contributed by atoms with Crippen molar-refractivity contribution in [3.63, 3.8) is 0 Å². The summed E-state index contributed by atoms with van der Waals surface area (Å²) in [5.41, 5.74) is -1.36. The minimum Gasteiger partial charge on any atom is -0.458 e. The van der Waals surface area contributed by atoms with E-state index in [1.807, 2.05) is 4.98 Å². The van der Waals surface area contributed by atoms with E-state index < -0.39 is 23.5 Å². The fraction of sp³-hybridized carbons (Fsp3) is 0.167. The van der Waals surface area contributed by atoms with Gasteiger partial charge in [0.25, 0.3) is 5.56 Å². The van der Waals surface area contributed by atoms with Crippen molar-refractivity contribution in [3.8, 4) is 17.1 Å². The van der Waals surface area contributed by atoms with E-state index >= 15 is 0 Å². The number of aromatic nitrogens is 6. The number of H-pyrrole nitrogens is 2. The molecular weight excluding hydrogens is 405 g/mol. The van der Waals surface area contributed by atoms with Crippen LogP contribution in [0.5, 0.6) is 5.88 Å². The summed E-state index contributed by atoms with van der Waals surface area (Å²) in [7, 11) is 1.47. The topological polar surface area (TPSA) is 119 Å². The van der Waals surface area contributed by atoms with Gasteiger partial charge in [0.15, 0.2) is 5.65 Å². The number of hydrogen-bond acceptors (Lipinski definition) is 6. The van der Waals surface area contributed by atoms with E-state index in [9.17, 15) is 22.8 Å². The van der Waals surface area contributed by atoms with Gasteiger partial charge in [0, 0.05) is 18.8 Å². The molecule has 4 rings (SSSR count). The monoisotopic (exact) mass is 418 g/mol. The molecule has 3 heterocycles. The lowest BCUT2D eigenvalue weighted by atomic mass is 10.1. The first-order valence-electron chi connectivity index (χ1n) is 8.55. The van der Waals surface area contributed by atoms with E-state index in [2.05, 4.69) is 20.3 Å². The third-order valence-electron chi connectivity index (χ3n) is 4.28. The highest BCUT2D eigenvalue weighted by Crippen LogP contribution is 2.38. The summed E-state index contributed by atoms with van der Waals surface area (Å²) in [6.07, 6.45) is -5.83. The first-order chi connectivity index (χ1) is 14.2. The van der Waals surface area contributed by atoms with Crippen LogP contribution in [0.2, 0.25) is 0 Å². The van der Waals surface area contributed by atoms with Crippen molar-refractivity contribution < 1.29 is 17.9 Å². The summed E-state index contributed by atoms with van der Waals surface area (Å²) in [5.74, 6) is -0.323. The molecule has 1 aromatic carbocycles. The van der Waals surface area contributed by atoms with Crippen molar-refractivity contribution in [1.29, 1.82) is 0 Å². The minimum atomic E-state index is -4.70. The Labute approximate surface area is 165 Å². The fourth-order valence-electron chi connectivity index (χ4n) is 2.90. The lowest BCUT2D eigenvalue weighted by Gasteiger charge is -2.21. The Morgan fingerprint density at radius 3 is 2.53 bits per heavy atom. The zero-order valence-corrected chi connectivity index (χ0v) is 15.3. The van der Waals surface area contributed by atoms with E-state index in [0.29, 0.717) is 0 Å². The molecule has 0 fully saturated rings. The highest BCUT2D eigenvalue weighted by Gasteiger charge is 2.43. The number of nitrogens with one attached hydrogen (secondary N) is 2. The maximum Gasteiger partial charge on any atom is 0.429 e.